The average Bonchev–Trinajstić information content (AvgIpc) is 3.26. The predicted molar refractivity (Wildman–Crippen MR) is 104 cm³/mol. The van der Waals surface area contributed by atoms with Gasteiger partial charge < -0.3 is 10.1 Å². The molecule has 0 aliphatic carbocycles. The molecule has 1 aromatic carbocycles. The zero-order chi connectivity index (χ0) is 19.4. The van der Waals surface area contributed by atoms with Crippen molar-refractivity contribution in [3.05, 3.63) is 40.2 Å². The molecule has 0 spiro atoms. The monoisotopic (exact) mass is 423 g/mol. The van der Waals surface area contributed by atoms with Crippen molar-refractivity contribution >= 4 is 51.6 Å². The molecule has 0 bridgehead atoms. The molecule has 3 rings (SSSR count). The number of aryl methyl sites for hydroxylation is 1. The molecule has 140 valence electrons. The van der Waals surface area contributed by atoms with Gasteiger partial charge in [-0.2, -0.15) is 0 Å². The Morgan fingerprint density at radius 2 is 2.11 bits per heavy atom. The number of nitrogens with zero attached hydrogens (tertiary/aromatic N) is 4. The van der Waals surface area contributed by atoms with Crippen LogP contribution in [-0.4, -0.2) is 44.9 Å². The average molecular weight is 424 g/mol. The van der Waals surface area contributed by atoms with Crippen molar-refractivity contribution in [3.8, 4) is 11.1 Å². The second-order valence-corrected chi connectivity index (χ2v) is 7.48. The van der Waals surface area contributed by atoms with Crippen molar-refractivity contribution in [2.45, 2.75) is 5.16 Å². The van der Waals surface area contributed by atoms with E-state index in [0.29, 0.717) is 26.3 Å². The van der Waals surface area contributed by atoms with Crippen LogP contribution in [0.25, 0.3) is 11.1 Å². The Kier molecular flexibility index (Phi) is 6.09. The molecule has 2 aromatic heterocycles. The molecule has 1 amide bonds. The maximum Gasteiger partial charge on any atom is 0.341 e. The van der Waals surface area contributed by atoms with Gasteiger partial charge in [0.1, 0.15) is 10.6 Å². The first-order valence-electron chi connectivity index (χ1n) is 7.61. The SMILES string of the molecule is COC(=O)c1c(-c2ccccc2Cl)csc1NC(=O)CSc1nnnn1C. The fourth-order valence-corrected chi connectivity index (χ4v) is 4.12. The van der Waals surface area contributed by atoms with E-state index < -0.39 is 5.97 Å². The molecule has 2 heterocycles. The summed E-state index contributed by atoms with van der Waals surface area (Å²) < 4.78 is 6.36. The van der Waals surface area contributed by atoms with E-state index in [1.807, 2.05) is 6.07 Å². The van der Waals surface area contributed by atoms with Crippen LogP contribution in [0.2, 0.25) is 5.02 Å². The van der Waals surface area contributed by atoms with E-state index in [1.165, 1.54) is 34.9 Å². The summed E-state index contributed by atoms with van der Waals surface area (Å²) in [6.45, 7) is 0. The van der Waals surface area contributed by atoms with Gasteiger partial charge in [-0.3, -0.25) is 4.79 Å². The molecule has 3 aromatic rings. The van der Waals surface area contributed by atoms with E-state index in [1.54, 1.807) is 30.6 Å². The number of thiophene rings is 1. The molecule has 27 heavy (non-hydrogen) atoms. The second kappa shape index (κ2) is 8.51. The van der Waals surface area contributed by atoms with Crippen molar-refractivity contribution in [3.63, 3.8) is 0 Å². The number of thioether (sulfide) groups is 1. The number of hydrogen-bond acceptors (Lipinski definition) is 8. The van der Waals surface area contributed by atoms with Gasteiger partial charge in [-0.1, -0.05) is 41.6 Å². The Balaban J connectivity index is 1.83. The van der Waals surface area contributed by atoms with Crippen LogP contribution >= 0.6 is 34.7 Å². The van der Waals surface area contributed by atoms with Gasteiger partial charge in [0.15, 0.2) is 0 Å². The number of carbonyl (C=O) groups excluding carboxylic acids is 2. The molecule has 0 atom stereocenters. The number of amides is 1. The molecule has 0 saturated heterocycles. The highest BCUT2D eigenvalue weighted by Gasteiger charge is 2.23. The first-order chi connectivity index (χ1) is 13.0. The molecule has 8 nitrogen and oxygen atoms in total. The summed E-state index contributed by atoms with van der Waals surface area (Å²) in [4.78, 5) is 24.6. The minimum atomic E-state index is -0.549. The minimum Gasteiger partial charge on any atom is -0.465 e. The van der Waals surface area contributed by atoms with Crippen molar-refractivity contribution in [2.75, 3.05) is 18.2 Å². The van der Waals surface area contributed by atoms with Gasteiger partial charge in [0.25, 0.3) is 0 Å². The first kappa shape index (κ1) is 19.3. The third-order valence-electron chi connectivity index (χ3n) is 3.51. The number of benzene rings is 1. The summed E-state index contributed by atoms with van der Waals surface area (Å²) in [6, 6.07) is 7.17. The second-order valence-electron chi connectivity index (χ2n) is 5.25. The molecule has 0 aliphatic heterocycles. The zero-order valence-corrected chi connectivity index (χ0v) is 16.7. The van der Waals surface area contributed by atoms with Gasteiger partial charge in [-0.15, -0.1) is 16.4 Å². The number of anilines is 1. The number of aromatic nitrogens is 4. The Morgan fingerprint density at radius 3 is 2.78 bits per heavy atom. The van der Waals surface area contributed by atoms with Crippen LogP contribution in [0, 0.1) is 0 Å². The summed E-state index contributed by atoms with van der Waals surface area (Å²) in [5, 5.41) is 17.0. The van der Waals surface area contributed by atoms with E-state index in [9.17, 15) is 9.59 Å². The maximum absolute atomic E-state index is 12.3. The number of methoxy groups -OCH3 is 1. The van der Waals surface area contributed by atoms with Crippen molar-refractivity contribution in [2.24, 2.45) is 7.05 Å². The summed E-state index contributed by atoms with van der Waals surface area (Å²) >= 11 is 8.68. The van der Waals surface area contributed by atoms with Gasteiger partial charge in [-0.25, -0.2) is 9.48 Å². The van der Waals surface area contributed by atoms with Gasteiger partial charge >= 0.3 is 5.97 Å². The standard InChI is InChI=1S/C16H14ClN5O3S2/c1-22-16(19-20-21-22)27-8-12(23)18-14-13(15(24)25-2)10(7-26-14)9-5-3-4-6-11(9)17/h3-7H,8H2,1-2H3,(H,18,23). The number of tetrazole rings is 1. The minimum absolute atomic E-state index is 0.0914. The molecule has 0 aliphatic rings. The molecule has 0 saturated carbocycles. The summed E-state index contributed by atoms with van der Waals surface area (Å²) in [6.07, 6.45) is 0. The van der Waals surface area contributed by atoms with Gasteiger partial charge in [-0.05, 0) is 16.5 Å². The number of rotatable bonds is 6. The van der Waals surface area contributed by atoms with Gasteiger partial charge in [0.2, 0.25) is 11.1 Å². The topological polar surface area (TPSA) is 99.0 Å². The summed E-state index contributed by atoms with van der Waals surface area (Å²) in [5.41, 5.74) is 1.57. The van der Waals surface area contributed by atoms with Crippen LogP contribution < -0.4 is 5.32 Å². The fourth-order valence-electron chi connectivity index (χ4n) is 2.27. The van der Waals surface area contributed by atoms with Crippen molar-refractivity contribution in [1.82, 2.24) is 20.2 Å². The van der Waals surface area contributed by atoms with E-state index in [2.05, 4.69) is 20.8 Å². The highest BCUT2D eigenvalue weighted by atomic mass is 35.5. The lowest BCUT2D eigenvalue weighted by molar-refractivity contribution is -0.113. The molecule has 0 fully saturated rings. The molecule has 0 unspecified atom stereocenters. The number of hydrogen-bond donors (Lipinski definition) is 1. The maximum atomic E-state index is 12.3. The van der Waals surface area contributed by atoms with Crippen LogP contribution in [-0.2, 0) is 16.6 Å². The van der Waals surface area contributed by atoms with Crippen LogP contribution in [0.4, 0.5) is 5.00 Å². The Bertz CT molecular complexity index is 988. The highest BCUT2D eigenvalue weighted by molar-refractivity contribution is 7.99. The Hall–Kier alpha value is -2.43. The highest BCUT2D eigenvalue weighted by Crippen LogP contribution is 2.39. The lowest BCUT2D eigenvalue weighted by atomic mass is 10.0. The van der Waals surface area contributed by atoms with Crippen LogP contribution in [0.3, 0.4) is 0 Å². The lowest BCUT2D eigenvalue weighted by Gasteiger charge is -2.08. The summed E-state index contributed by atoms with van der Waals surface area (Å²) in [7, 11) is 2.98. The Morgan fingerprint density at radius 1 is 1.33 bits per heavy atom. The Labute approximate surface area is 167 Å². The smallest absolute Gasteiger partial charge is 0.341 e. The first-order valence-corrected chi connectivity index (χ1v) is 9.85. The fraction of sp³-hybridized carbons (Fsp3) is 0.188. The van der Waals surface area contributed by atoms with Crippen LogP contribution in [0.15, 0.2) is 34.8 Å². The third kappa shape index (κ3) is 4.29. The van der Waals surface area contributed by atoms with E-state index in [-0.39, 0.29) is 17.2 Å². The predicted octanol–water partition coefficient (Wildman–Crippen LogP) is 3.11. The van der Waals surface area contributed by atoms with E-state index in [4.69, 9.17) is 16.3 Å². The largest absolute Gasteiger partial charge is 0.465 e. The number of carbonyl (C=O) groups is 2. The van der Waals surface area contributed by atoms with E-state index >= 15 is 0 Å². The normalized spacial score (nSPS) is 10.6. The number of halogens is 1. The van der Waals surface area contributed by atoms with Crippen LogP contribution in [0.1, 0.15) is 10.4 Å². The number of esters is 1. The van der Waals surface area contributed by atoms with Crippen LogP contribution in [0.5, 0.6) is 0 Å². The number of ether oxygens (including phenoxy) is 1. The summed E-state index contributed by atoms with van der Waals surface area (Å²) in [5.74, 6) is -0.749. The quantitative estimate of drug-likeness (QED) is 0.480. The van der Waals surface area contributed by atoms with Gasteiger partial charge in [0, 0.05) is 28.6 Å². The van der Waals surface area contributed by atoms with Crippen molar-refractivity contribution in [1.29, 1.82) is 0 Å². The molecule has 11 heteroatoms. The molecular weight excluding hydrogens is 410 g/mol. The zero-order valence-electron chi connectivity index (χ0n) is 14.3. The van der Waals surface area contributed by atoms with Gasteiger partial charge in [0.05, 0.1) is 12.9 Å². The molecule has 0 radical (unpaired) electrons. The molecule has 1 N–H and O–H groups in total. The van der Waals surface area contributed by atoms with E-state index in [0.717, 1.165) is 0 Å². The van der Waals surface area contributed by atoms with Crippen molar-refractivity contribution < 1.29 is 14.3 Å². The lowest BCUT2D eigenvalue weighted by Crippen LogP contribution is -2.16. The molecular formula is C16H14ClN5O3S2. The third-order valence-corrected chi connectivity index (χ3v) is 5.75. The number of nitrogens with one attached hydrogen (secondary N) is 1.